The van der Waals surface area contributed by atoms with Crippen molar-refractivity contribution in [2.75, 3.05) is 26.2 Å². The first kappa shape index (κ1) is 36.0. The first-order valence-electron chi connectivity index (χ1n) is 14.5. The van der Waals surface area contributed by atoms with Crippen LogP contribution in [0.5, 0.6) is 0 Å². The minimum atomic E-state index is -5.08. The number of hydrogen-bond donors (Lipinski definition) is 3. The summed E-state index contributed by atoms with van der Waals surface area (Å²) in [6, 6.07) is 6.72. The van der Waals surface area contributed by atoms with Crippen LogP contribution in [-0.4, -0.2) is 106 Å². The Hall–Kier alpha value is -5.31. The second-order valence-electron chi connectivity index (χ2n) is 10.8. The molecule has 266 valence electrons. The van der Waals surface area contributed by atoms with Crippen molar-refractivity contribution < 1.29 is 45.8 Å². The number of carbonyl (C=O) groups excluding carboxylic acids is 3. The van der Waals surface area contributed by atoms with Gasteiger partial charge in [0, 0.05) is 36.4 Å². The first-order valence-corrected chi connectivity index (χ1v) is 14.9. The average Bonchev–Trinajstić information content (AvgIpc) is 3.60. The van der Waals surface area contributed by atoms with Crippen LogP contribution in [0.2, 0.25) is 5.02 Å². The summed E-state index contributed by atoms with van der Waals surface area (Å²) < 4.78 is 80.2. The van der Waals surface area contributed by atoms with Crippen LogP contribution in [0.3, 0.4) is 0 Å². The number of aliphatic hydroxyl groups is 1. The maximum absolute atomic E-state index is 13.7. The lowest BCUT2D eigenvalue weighted by Gasteiger charge is -2.26. The number of carbonyl (C=O) groups is 3. The summed E-state index contributed by atoms with van der Waals surface area (Å²) in [6.07, 6.45) is -11.7. The highest BCUT2D eigenvalue weighted by Gasteiger charge is 2.39. The van der Waals surface area contributed by atoms with E-state index in [9.17, 15) is 50.6 Å². The highest BCUT2D eigenvalue weighted by molar-refractivity contribution is 6.30. The predicted octanol–water partition coefficient (Wildman–Crippen LogP) is 1.57. The Bertz CT molecular complexity index is 1960. The molecule has 15 nitrogen and oxygen atoms in total. The van der Waals surface area contributed by atoms with E-state index in [1.165, 1.54) is 24.3 Å². The average molecular weight is 731 g/mol. The lowest BCUT2D eigenvalue weighted by atomic mass is 10.2. The van der Waals surface area contributed by atoms with E-state index in [1.54, 1.807) is 0 Å². The molecule has 0 bridgehead atoms. The minimum absolute atomic E-state index is 0.0421. The van der Waals surface area contributed by atoms with Gasteiger partial charge in [0.05, 0.1) is 30.4 Å². The van der Waals surface area contributed by atoms with Gasteiger partial charge in [-0.15, -0.1) is 10.2 Å². The second kappa shape index (κ2) is 14.3. The number of alkyl halides is 6. The molecular formula is C28H25ClF6N10O5. The Kier molecular flexibility index (Phi) is 10.3. The van der Waals surface area contributed by atoms with Crippen LogP contribution in [0, 0.1) is 0 Å². The fourth-order valence-corrected chi connectivity index (χ4v) is 4.90. The minimum Gasteiger partial charge on any atom is -0.382 e. The second-order valence-corrected chi connectivity index (χ2v) is 11.2. The number of rotatable bonds is 10. The summed E-state index contributed by atoms with van der Waals surface area (Å²) in [5.74, 6) is -3.44. The highest BCUT2D eigenvalue weighted by atomic mass is 35.5. The first-order chi connectivity index (χ1) is 23.5. The van der Waals surface area contributed by atoms with Gasteiger partial charge in [-0.05, 0) is 30.3 Å². The summed E-state index contributed by atoms with van der Waals surface area (Å²) in [5, 5.41) is 23.1. The number of aliphatic hydroxyl groups excluding tert-OH is 1. The fraction of sp³-hybridized carbons (Fsp3) is 0.357. The molecule has 1 aliphatic rings. The van der Waals surface area contributed by atoms with Crippen molar-refractivity contribution in [2.45, 2.75) is 38.0 Å². The molecule has 0 aliphatic carbocycles. The van der Waals surface area contributed by atoms with Crippen molar-refractivity contribution in [3.05, 3.63) is 75.4 Å². The summed E-state index contributed by atoms with van der Waals surface area (Å²) in [4.78, 5) is 61.3. The molecule has 0 radical (unpaired) electrons. The van der Waals surface area contributed by atoms with Crippen molar-refractivity contribution in [3.63, 3.8) is 0 Å². The van der Waals surface area contributed by atoms with Crippen LogP contribution in [0.4, 0.5) is 26.3 Å². The molecule has 50 heavy (non-hydrogen) atoms. The van der Waals surface area contributed by atoms with E-state index in [1.807, 2.05) is 0 Å². The molecule has 4 aromatic rings. The van der Waals surface area contributed by atoms with E-state index < -0.39 is 73.7 Å². The third kappa shape index (κ3) is 8.28. The highest BCUT2D eigenvalue weighted by Crippen LogP contribution is 2.25. The van der Waals surface area contributed by atoms with Gasteiger partial charge in [-0.2, -0.15) is 26.3 Å². The van der Waals surface area contributed by atoms with Crippen molar-refractivity contribution in [1.82, 2.24) is 49.6 Å². The van der Waals surface area contributed by atoms with Crippen molar-refractivity contribution in [1.29, 1.82) is 0 Å². The van der Waals surface area contributed by atoms with Gasteiger partial charge in [0.15, 0.2) is 17.8 Å². The normalized spacial score (nSPS) is 14.4. The smallest absolute Gasteiger partial charge is 0.382 e. The number of amides is 3. The van der Waals surface area contributed by atoms with E-state index in [0.717, 1.165) is 28.0 Å². The van der Waals surface area contributed by atoms with Gasteiger partial charge in [0.2, 0.25) is 11.7 Å². The van der Waals surface area contributed by atoms with Crippen molar-refractivity contribution in [3.8, 4) is 17.1 Å². The summed E-state index contributed by atoms with van der Waals surface area (Å²) in [5.41, 5.74) is -1.44. The van der Waals surface area contributed by atoms with Gasteiger partial charge < -0.3 is 20.6 Å². The Morgan fingerprint density at radius 3 is 2.44 bits per heavy atom. The molecule has 3 aromatic heterocycles. The topological polar surface area (TPSA) is 182 Å². The van der Waals surface area contributed by atoms with Crippen LogP contribution in [0.25, 0.3) is 17.1 Å². The van der Waals surface area contributed by atoms with Crippen molar-refractivity contribution >= 4 is 29.3 Å². The number of benzene rings is 1. The molecule has 1 aromatic carbocycles. The Morgan fingerprint density at radius 1 is 1.06 bits per heavy atom. The number of piperazine rings is 1. The largest absolute Gasteiger partial charge is 0.416 e. The zero-order valence-corrected chi connectivity index (χ0v) is 26.1. The zero-order valence-electron chi connectivity index (χ0n) is 25.4. The van der Waals surface area contributed by atoms with Gasteiger partial charge in [0.25, 0.3) is 11.8 Å². The molecule has 5 rings (SSSR count). The number of nitrogens with one attached hydrogen (secondary N) is 2. The lowest BCUT2D eigenvalue weighted by molar-refractivity contribution is -0.207. The lowest BCUT2D eigenvalue weighted by Crippen LogP contribution is -2.50. The number of pyridine rings is 1. The Morgan fingerprint density at radius 2 is 1.78 bits per heavy atom. The molecule has 1 atom stereocenters. The van der Waals surface area contributed by atoms with Crippen LogP contribution < -0.4 is 16.3 Å². The van der Waals surface area contributed by atoms with E-state index in [0.29, 0.717) is 9.25 Å². The number of aromatic nitrogens is 7. The predicted molar refractivity (Wildman–Crippen MR) is 159 cm³/mol. The summed E-state index contributed by atoms with van der Waals surface area (Å²) in [7, 11) is 0. The Labute approximate surface area is 281 Å². The van der Waals surface area contributed by atoms with E-state index in [-0.39, 0.29) is 53.1 Å². The molecule has 1 saturated heterocycles. The molecule has 0 saturated carbocycles. The molecule has 1 aliphatic heterocycles. The summed E-state index contributed by atoms with van der Waals surface area (Å²) >= 11 is 5.93. The zero-order chi connectivity index (χ0) is 36.4. The van der Waals surface area contributed by atoms with E-state index in [4.69, 9.17) is 11.6 Å². The molecule has 3 N–H and O–H groups in total. The third-order valence-corrected chi connectivity index (χ3v) is 7.44. The Balaban J connectivity index is 1.57. The summed E-state index contributed by atoms with van der Waals surface area (Å²) in [6.45, 7) is -2.91. The van der Waals surface area contributed by atoms with Gasteiger partial charge >= 0.3 is 18.0 Å². The maximum atomic E-state index is 13.7. The molecular weight excluding hydrogens is 706 g/mol. The molecule has 22 heteroatoms. The number of halogens is 7. The quantitative estimate of drug-likeness (QED) is 0.204. The van der Waals surface area contributed by atoms with Crippen molar-refractivity contribution in [2.24, 2.45) is 0 Å². The van der Waals surface area contributed by atoms with Gasteiger partial charge in [-0.1, -0.05) is 11.6 Å². The van der Waals surface area contributed by atoms with Crippen LogP contribution >= 0.6 is 11.6 Å². The monoisotopic (exact) mass is 730 g/mol. The third-order valence-electron chi connectivity index (χ3n) is 7.18. The molecule has 0 spiro atoms. The molecule has 0 unspecified atom stereocenters. The fourth-order valence-electron chi connectivity index (χ4n) is 4.77. The maximum Gasteiger partial charge on any atom is 0.416 e. The molecule has 1 fully saturated rings. The van der Waals surface area contributed by atoms with Crippen LogP contribution in [0.1, 0.15) is 33.2 Å². The van der Waals surface area contributed by atoms with E-state index >= 15 is 0 Å². The number of hydrogen-bond acceptors (Lipinski definition) is 9. The molecule has 3 amide bonds. The van der Waals surface area contributed by atoms with Gasteiger partial charge in [-0.25, -0.2) is 19.1 Å². The number of nitrogens with zero attached hydrogens (tertiary/aromatic N) is 8. The van der Waals surface area contributed by atoms with Gasteiger partial charge in [-0.3, -0.25) is 23.9 Å². The van der Waals surface area contributed by atoms with Crippen LogP contribution in [-0.2, 0) is 17.9 Å². The van der Waals surface area contributed by atoms with Crippen LogP contribution in [0.15, 0.2) is 47.5 Å². The molecule has 4 heterocycles. The van der Waals surface area contributed by atoms with Gasteiger partial charge in [0.1, 0.15) is 13.1 Å². The SMILES string of the molecule is O=C1CN(C(=O)c2nc(Cn3nc(-c4ccc(Cl)cc4)n(C[C@H](O)C(F)(F)F)c3=O)nn2-c2cnccc2C(=O)NCCC(F)(F)F)CCN1. The standard InChI is InChI=1S/C28H25ClF6N10O5/c29-16-3-1-15(2-4-16)22-41-44(26(50)43(22)12-19(46)28(33,34)35)13-20-39-23(25(49)42-10-9-37-21(47)14-42)45(40-20)18-11-36-7-5-17(18)24(48)38-8-6-27(30,31)32/h1-5,7,11,19,46H,6,8-10,12-14H2,(H,37,47)(H,38,48)/t19-/m0/s1. The van der Waals surface area contributed by atoms with E-state index in [2.05, 4.69) is 30.8 Å².